The van der Waals surface area contributed by atoms with Gasteiger partial charge in [-0.2, -0.15) is 9.37 Å². The van der Waals surface area contributed by atoms with Crippen LogP contribution in [0.2, 0.25) is 5.28 Å². The van der Waals surface area contributed by atoms with Gasteiger partial charge in [0.1, 0.15) is 0 Å². The summed E-state index contributed by atoms with van der Waals surface area (Å²) in [6.45, 7) is 1.67. The highest BCUT2D eigenvalue weighted by Gasteiger charge is 2.36. The highest BCUT2D eigenvalue weighted by molar-refractivity contribution is 9.10. The molecule has 0 aliphatic carbocycles. The number of Topliss-reactive ketones (excluding diaryl/α,β-unsaturated/α-hetero) is 1. The topological polar surface area (TPSA) is 98.7 Å². The summed E-state index contributed by atoms with van der Waals surface area (Å²) in [5, 5.41) is -0.729. The molecule has 0 spiro atoms. The van der Waals surface area contributed by atoms with Crippen LogP contribution in [0.15, 0.2) is 58.0 Å². The van der Waals surface area contributed by atoms with Crippen molar-refractivity contribution in [3.8, 4) is 17.4 Å². The first-order valence-corrected chi connectivity index (χ1v) is 12.4. The maximum Gasteiger partial charge on any atom is 0.293 e. The lowest BCUT2D eigenvalue weighted by Gasteiger charge is -2.12. The third kappa shape index (κ3) is 5.92. The van der Waals surface area contributed by atoms with E-state index in [1.807, 2.05) is 0 Å². The molecule has 0 bridgehead atoms. The fraction of sp³-hybridized carbons (Fsp3) is 0.125. The molecular formula is C24H16BrClFN3O5S. The monoisotopic (exact) mass is 591 g/mol. The largest absolute Gasteiger partial charge is 0.490 e. The van der Waals surface area contributed by atoms with Gasteiger partial charge in [0.15, 0.2) is 17.3 Å². The SMILES string of the molecule is CCOc1cc(/C=C2/SC(=O)N(CC(=O)c3ccc(Br)cc3)C2=O)ccc1Oc1nc(Cl)ncc1F. The number of thioether (sulfide) groups is 1. The van der Waals surface area contributed by atoms with Crippen LogP contribution in [-0.4, -0.2) is 44.9 Å². The van der Waals surface area contributed by atoms with Gasteiger partial charge in [0.2, 0.25) is 11.1 Å². The maximum absolute atomic E-state index is 14.0. The average Bonchev–Trinajstić information content (AvgIpc) is 3.10. The minimum Gasteiger partial charge on any atom is -0.490 e. The summed E-state index contributed by atoms with van der Waals surface area (Å²) in [4.78, 5) is 46.2. The second-order valence-corrected chi connectivity index (χ2v) is 9.48. The second-order valence-electron chi connectivity index (χ2n) is 7.23. The first kappa shape index (κ1) is 25.8. The third-order valence-corrected chi connectivity index (χ3v) is 6.41. The van der Waals surface area contributed by atoms with Crippen LogP contribution in [0.1, 0.15) is 22.8 Å². The molecule has 0 atom stereocenters. The summed E-state index contributed by atoms with van der Waals surface area (Å²) in [7, 11) is 0. The van der Waals surface area contributed by atoms with Gasteiger partial charge in [-0.05, 0) is 66.2 Å². The summed E-state index contributed by atoms with van der Waals surface area (Å²) < 4.78 is 25.9. The standard InChI is InChI=1S/C24H16BrClFN3O5S/c1-2-34-19-9-13(3-8-18(19)35-21-16(27)11-28-23(26)29-21)10-20-22(32)30(24(33)36-20)12-17(31)14-4-6-15(25)7-5-14/h3-11H,2,12H2,1H3/b20-10+. The van der Waals surface area contributed by atoms with Gasteiger partial charge in [-0.3, -0.25) is 19.3 Å². The second kappa shape index (κ2) is 11.2. The fourth-order valence-electron chi connectivity index (χ4n) is 3.13. The number of rotatable bonds is 8. The van der Waals surface area contributed by atoms with Crippen molar-refractivity contribution >= 4 is 62.3 Å². The van der Waals surface area contributed by atoms with E-state index in [4.69, 9.17) is 21.1 Å². The van der Waals surface area contributed by atoms with E-state index in [0.717, 1.165) is 27.3 Å². The van der Waals surface area contributed by atoms with E-state index < -0.39 is 17.0 Å². The lowest BCUT2D eigenvalue weighted by molar-refractivity contribution is -0.122. The lowest BCUT2D eigenvalue weighted by Crippen LogP contribution is -2.33. The highest BCUT2D eigenvalue weighted by Crippen LogP contribution is 2.36. The molecule has 0 N–H and O–H groups in total. The Morgan fingerprint density at radius 1 is 1.19 bits per heavy atom. The van der Waals surface area contributed by atoms with Crippen LogP contribution in [0.4, 0.5) is 9.18 Å². The Balaban J connectivity index is 1.54. The van der Waals surface area contributed by atoms with Crippen molar-refractivity contribution in [2.45, 2.75) is 6.92 Å². The number of benzene rings is 2. The number of carbonyl (C=O) groups is 3. The maximum atomic E-state index is 14.0. The van der Waals surface area contributed by atoms with E-state index in [1.54, 1.807) is 43.3 Å². The predicted octanol–water partition coefficient (Wildman–Crippen LogP) is 6.14. The van der Waals surface area contributed by atoms with Gasteiger partial charge in [0.25, 0.3) is 17.0 Å². The minimum absolute atomic E-state index is 0.147. The number of halogens is 3. The number of imide groups is 1. The van der Waals surface area contributed by atoms with Crippen LogP contribution in [0.3, 0.4) is 0 Å². The molecular weight excluding hydrogens is 577 g/mol. The summed E-state index contributed by atoms with van der Waals surface area (Å²) in [5.41, 5.74) is 0.913. The predicted molar refractivity (Wildman–Crippen MR) is 136 cm³/mol. The Bertz CT molecular complexity index is 1390. The average molecular weight is 593 g/mol. The molecule has 1 aliphatic heterocycles. The Kier molecular flexibility index (Phi) is 8.02. The van der Waals surface area contributed by atoms with Crippen LogP contribution in [0.5, 0.6) is 17.4 Å². The molecule has 1 saturated heterocycles. The fourth-order valence-corrected chi connectivity index (χ4v) is 4.36. The number of hydrogen-bond donors (Lipinski definition) is 0. The normalized spacial score (nSPS) is 14.4. The number of carbonyl (C=O) groups excluding carboxylic acids is 3. The summed E-state index contributed by atoms with van der Waals surface area (Å²) in [5.74, 6) is -1.70. The van der Waals surface area contributed by atoms with Crippen molar-refractivity contribution in [2.75, 3.05) is 13.2 Å². The molecule has 184 valence electrons. The van der Waals surface area contributed by atoms with Gasteiger partial charge in [0, 0.05) is 10.0 Å². The number of ketones is 1. The van der Waals surface area contributed by atoms with Crippen LogP contribution < -0.4 is 9.47 Å². The molecule has 1 aromatic heterocycles. The van der Waals surface area contributed by atoms with E-state index in [0.29, 0.717) is 11.1 Å². The van der Waals surface area contributed by atoms with E-state index >= 15 is 0 Å². The quantitative estimate of drug-likeness (QED) is 0.175. The zero-order chi connectivity index (χ0) is 25.8. The molecule has 3 aromatic rings. The van der Waals surface area contributed by atoms with Gasteiger partial charge in [-0.1, -0.05) is 34.1 Å². The van der Waals surface area contributed by atoms with Gasteiger partial charge >= 0.3 is 0 Å². The molecule has 36 heavy (non-hydrogen) atoms. The Hall–Kier alpha value is -3.28. The van der Waals surface area contributed by atoms with Crippen molar-refractivity contribution in [3.63, 3.8) is 0 Å². The third-order valence-electron chi connectivity index (χ3n) is 4.80. The van der Waals surface area contributed by atoms with E-state index in [-0.39, 0.29) is 46.5 Å². The Labute approximate surface area is 222 Å². The minimum atomic E-state index is -0.808. The van der Waals surface area contributed by atoms with E-state index in [1.165, 1.54) is 12.1 Å². The first-order chi connectivity index (χ1) is 17.2. The van der Waals surface area contributed by atoms with Crippen molar-refractivity contribution in [3.05, 3.63) is 80.3 Å². The van der Waals surface area contributed by atoms with E-state index in [2.05, 4.69) is 25.9 Å². The molecule has 1 fully saturated rings. The molecule has 0 saturated carbocycles. The number of ether oxygens (including phenoxy) is 2. The Morgan fingerprint density at radius 2 is 1.94 bits per heavy atom. The summed E-state index contributed by atoms with van der Waals surface area (Å²) in [6, 6.07) is 11.3. The first-order valence-electron chi connectivity index (χ1n) is 10.4. The van der Waals surface area contributed by atoms with Gasteiger partial charge < -0.3 is 9.47 Å². The highest BCUT2D eigenvalue weighted by atomic mass is 79.9. The van der Waals surface area contributed by atoms with Crippen molar-refractivity contribution < 1.29 is 28.2 Å². The Morgan fingerprint density at radius 3 is 2.67 bits per heavy atom. The van der Waals surface area contributed by atoms with E-state index in [9.17, 15) is 18.8 Å². The molecule has 1 aliphatic rings. The summed E-state index contributed by atoms with van der Waals surface area (Å²) >= 11 is 9.75. The number of amides is 2. The van der Waals surface area contributed by atoms with Gasteiger partial charge in [-0.25, -0.2) is 4.98 Å². The lowest BCUT2D eigenvalue weighted by atomic mass is 10.1. The molecule has 4 rings (SSSR count). The number of hydrogen-bond acceptors (Lipinski definition) is 8. The van der Waals surface area contributed by atoms with Crippen LogP contribution in [-0.2, 0) is 4.79 Å². The van der Waals surface area contributed by atoms with Gasteiger partial charge in [-0.15, -0.1) is 0 Å². The molecule has 12 heteroatoms. The molecule has 2 heterocycles. The van der Waals surface area contributed by atoms with Crippen LogP contribution in [0, 0.1) is 5.82 Å². The zero-order valence-electron chi connectivity index (χ0n) is 18.5. The smallest absolute Gasteiger partial charge is 0.293 e. The zero-order valence-corrected chi connectivity index (χ0v) is 21.7. The molecule has 2 amide bonds. The summed E-state index contributed by atoms with van der Waals surface area (Å²) in [6.07, 6.45) is 2.39. The number of nitrogens with zero attached hydrogens (tertiary/aromatic N) is 3. The van der Waals surface area contributed by atoms with Gasteiger partial charge in [0.05, 0.1) is 24.3 Å². The molecule has 8 nitrogen and oxygen atoms in total. The number of aromatic nitrogens is 2. The molecule has 0 radical (unpaired) electrons. The molecule has 2 aromatic carbocycles. The van der Waals surface area contributed by atoms with Crippen molar-refractivity contribution in [1.29, 1.82) is 0 Å². The van der Waals surface area contributed by atoms with Crippen molar-refractivity contribution in [2.24, 2.45) is 0 Å². The van der Waals surface area contributed by atoms with Crippen LogP contribution in [0.25, 0.3) is 6.08 Å². The molecule has 0 unspecified atom stereocenters. The van der Waals surface area contributed by atoms with Crippen molar-refractivity contribution in [1.82, 2.24) is 14.9 Å². The van der Waals surface area contributed by atoms with Crippen LogP contribution >= 0.6 is 39.3 Å².